The molecule has 0 aromatic carbocycles. The molecule has 1 atom stereocenters. The summed E-state index contributed by atoms with van der Waals surface area (Å²) in [6.07, 6.45) is 10.9. The summed E-state index contributed by atoms with van der Waals surface area (Å²) >= 11 is 1.57. The van der Waals surface area contributed by atoms with E-state index in [4.69, 9.17) is 0 Å². The molecule has 0 spiro atoms. The Morgan fingerprint density at radius 1 is 1.24 bits per heavy atom. The fourth-order valence-corrected chi connectivity index (χ4v) is 3.20. The van der Waals surface area contributed by atoms with Crippen molar-refractivity contribution in [1.82, 2.24) is 24.7 Å². The van der Waals surface area contributed by atoms with Gasteiger partial charge in [-0.2, -0.15) is 0 Å². The van der Waals surface area contributed by atoms with E-state index in [-0.39, 0.29) is 11.9 Å². The molecule has 1 N–H and O–H groups in total. The second kappa shape index (κ2) is 4.92. The largest absolute Gasteiger partial charge is 0.341 e. The number of imidazole rings is 1. The zero-order valence-corrected chi connectivity index (χ0v) is 12.0. The summed E-state index contributed by atoms with van der Waals surface area (Å²) in [5.41, 5.74) is 0.924. The second-order valence-electron chi connectivity index (χ2n) is 5.09. The molecule has 7 heteroatoms. The van der Waals surface area contributed by atoms with Crippen LogP contribution >= 0.6 is 11.3 Å². The Bertz CT molecular complexity index is 778. The lowest BCUT2D eigenvalue weighted by Crippen LogP contribution is -2.30. The van der Waals surface area contributed by atoms with Gasteiger partial charge >= 0.3 is 0 Å². The van der Waals surface area contributed by atoms with Crippen LogP contribution in [0.2, 0.25) is 0 Å². The van der Waals surface area contributed by atoms with Crippen LogP contribution in [0.5, 0.6) is 0 Å². The van der Waals surface area contributed by atoms with Crippen LogP contribution in [0.4, 0.5) is 0 Å². The summed E-state index contributed by atoms with van der Waals surface area (Å²) in [5, 5.41) is 5.97. The van der Waals surface area contributed by atoms with Gasteiger partial charge in [-0.05, 0) is 18.8 Å². The first kappa shape index (κ1) is 12.5. The number of rotatable bonds is 4. The van der Waals surface area contributed by atoms with Crippen molar-refractivity contribution in [3.8, 4) is 0 Å². The maximum absolute atomic E-state index is 12.5. The van der Waals surface area contributed by atoms with Crippen molar-refractivity contribution in [2.45, 2.75) is 18.9 Å². The fraction of sp³-hybridized carbons (Fsp3) is 0.286. The number of thiazole rings is 1. The zero-order valence-electron chi connectivity index (χ0n) is 11.1. The van der Waals surface area contributed by atoms with Gasteiger partial charge in [0.25, 0.3) is 5.91 Å². The minimum atomic E-state index is -0.195. The molecule has 1 amide bonds. The molecule has 4 rings (SSSR count). The quantitative estimate of drug-likeness (QED) is 0.800. The Morgan fingerprint density at radius 3 is 2.76 bits per heavy atom. The molecule has 1 aliphatic carbocycles. The lowest BCUT2D eigenvalue weighted by molar-refractivity contribution is 0.0928. The average molecular weight is 299 g/mol. The van der Waals surface area contributed by atoms with E-state index >= 15 is 0 Å². The second-order valence-corrected chi connectivity index (χ2v) is 6.02. The first-order valence-corrected chi connectivity index (χ1v) is 7.69. The first-order valence-electron chi connectivity index (χ1n) is 6.81. The molecule has 0 aliphatic heterocycles. The van der Waals surface area contributed by atoms with Crippen molar-refractivity contribution in [3.05, 3.63) is 47.1 Å². The molecule has 1 saturated carbocycles. The Hall–Kier alpha value is -2.28. The SMILES string of the molecule is O=C(NC(c1nccs1)C1CC1)c1nccn2ccnc12. The van der Waals surface area contributed by atoms with E-state index in [1.807, 2.05) is 5.38 Å². The molecule has 0 bridgehead atoms. The molecule has 3 aromatic rings. The summed E-state index contributed by atoms with van der Waals surface area (Å²) in [7, 11) is 0. The minimum absolute atomic E-state index is 0.0190. The van der Waals surface area contributed by atoms with Crippen LogP contribution in [-0.2, 0) is 0 Å². The molecule has 6 nitrogen and oxygen atoms in total. The summed E-state index contributed by atoms with van der Waals surface area (Å²) in [5.74, 6) is 0.290. The highest BCUT2D eigenvalue weighted by atomic mass is 32.1. The number of fused-ring (bicyclic) bond motifs is 1. The van der Waals surface area contributed by atoms with E-state index in [1.54, 1.807) is 46.7 Å². The van der Waals surface area contributed by atoms with E-state index in [0.29, 0.717) is 17.3 Å². The Kier molecular flexibility index (Phi) is 2.92. The lowest BCUT2D eigenvalue weighted by Gasteiger charge is -2.15. The van der Waals surface area contributed by atoms with Gasteiger partial charge in [0.05, 0.1) is 6.04 Å². The van der Waals surface area contributed by atoms with Crippen LogP contribution in [0.25, 0.3) is 5.65 Å². The summed E-state index contributed by atoms with van der Waals surface area (Å²) < 4.78 is 1.79. The van der Waals surface area contributed by atoms with Gasteiger partial charge in [0.2, 0.25) is 0 Å². The topological polar surface area (TPSA) is 72.2 Å². The molecule has 3 heterocycles. The third-order valence-corrected chi connectivity index (χ3v) is 4.48. The number of nitrogens with one attached hydrogen (secondary N) is 1. The Morgan fingerprint density at radius 2 is 2.05 bits per heavy atom. The van der Waals surface area contributed by atoms with Crippen LogP contribution in [0.15, 0.2) is 36.4 Å². The Labute approximate surface area is 124 Å². The van der Waals surface area contributed by atoms with Crippen molar-refractivity contribution in [2.24, 2.45) is 5.92 Å². The van der Waals surface area contributed by atoms with Gasteiger partial charge in [-0.1, -0.05) is 0 Å². The molecule has 106 valence electrons. The van der Waals surface area contributed by atoms with Crippen LogP contribution in [-0.4, -0.2) is 25.3 Å². The highest BCUT2D eigenvalue weighted by Crippen LogP contribution is 2.41. The predicted molar refractivity (Wildman–Crippen MR) is 78.0 cm³/mol. The minimum Gasteiger partial charge on any atom is -0.341 e. The number of hydrogen-bond donors (Lipinski definition) is 1. The molecule has 1 aliphatic rings. The van der Waals surface area contributed by atoms with Crippen molar-refractivity contribution in [1.29, 1.82) is 0 Å². The number of aromatic nitrogens is 4. The van der Waals surface area contributed by atoms with E-state index in [1.165, 1.54) is 0 Å². The normalized spacial score (nSPS) is 16.0. The van der Waals surface area contributed by atoms with Crippen molar-refractivity contribution < 1.29 is 4.79 Å². The first-order chi connectivity index (χ1) is 10.3. The summed E-state index contributed by atoms with van der Waals surface area (Å²) in [4.78, 5) is 25.3. The highest BCUT2D eigenvalue weighted by molar-refractivity contribution is 7.09. The van der Waals surface area contributed by atoms with Gasteiger partial charge in [0.1, 0.15) is 5.01 Å². The summed E-state index contributed by atoms with van der Waals surface area (Å²) in [6, 6.07) is -0.0190. The van der Waals surface area contributed by atoms with Gasteiger partial charge in [-0.3, -0.25) is 4.79 Å². The molecule has 0 radical (unpaired) electrons. The highest BCUT2D eigenvalue weighted by Gasteiger charge is 2.35. The number of amides is 1. The number of carbonyl (C=O) groups excluding carboxylic acids is 1. The monoisotopic (exact) mass is 299 g/mol. The smallest absolute Gasteiger partial charge is 0.274 e. The third kappa shape index (κ3) is 2.29. The molecule has 0 saturated heterocycles. The van der Waals surface area contributed by atoms with Crippen molar-refractivity contribution in [3.63, 3.8) is 0 Å². The Balaban J connectivity index is 1.64. The molecule has 1 unspecified atom stereocenters. The summed E-state index contributed by atoms with van der Waals surface area (Å²) in [6.45, 7) is 0. The maximum Gasteiger partial charge on any atom is 0.274 e. The van der Waals surface area contributed by atoms with Crippen LogP contribution in [0.3, 0.4) is 0 Å². The maximum atomic E-state index is 12.5. The van der Waals surface area contributed by atoms with E-state index in [9.17, 15) is 4.79 Å². The van der Waals surface area contributed by atoms with Crippen molar-refractivity contribution >= 4 is 22.9 Å². The van der Waals surface area contributed by atoms with Crippen LogP contribution < -0.4 is 5.32 Å². The van der Waals surface area contributed by atoms with Gasteiger partial charge < -0.3 is 9.72 Å². The van der Waals surface area contributed by atoms with E-state index in [0.717, 1.165) is 17.8 Å². The van der Waals surface area contributed by atoms with Gasteiger partial charge in [0.15, 0.2) is 11.3 Å². The molecule has 1 fully saturated rings. The average Bonchev–Trinajstić information content (AvgIpc) is 3.01. The van der Waals surface area contributed by atoms with Crippen molar-refractivity contribution in [2.75, 3.05) is 0 Å². The predicted octanol–water partition coefficient (Wildman–Crippen LogP) is 2.07. The van der Waals surface area contributed by atoms with Crippen LogP contribution in [0.1, 0.15) is 34.4 Å². The lowest BCUT2D eigenvalue weighted by atomic mass is 10.2. The van der Waals surface area contributed by atoms with Crippen LogP contribution in [0, 0.1) is 5.92 Å². The molecular weight excluding hydrogens is 286 g/mol. The fourth-order valence-electron chi connectivity index (χ4n) is 2.42. The molecule has 3 aromatic heterocycles. The standard InChI is InChI=1S/C14H13N5OS/c20-13(11-12-16-4-7-19(12)6-3-15-11)18-10(9-1-2-9)14-17-5-8-21-14/h3-10H,1-2H2,(H,18,20). The zero-order chi connectivity index (χ0) is 14.2. The molecular formula is C14H13N5OS. The number of nitrogens with zero attached hydrogens (tertiary/aromatic N) is 4. The van der Waals surface area contributed by atoms with Gasteiger partial charge in [-0.25, -0.2) is 15.0 Å². The third-order valence-electron chi connectivity index (χ3n) is 3.62. The molecule has 21 heavy (non-hydrogen) atoms. The van der Waals surface area contributed by atoms with E-state index < -0.39 is 0 Å². The van der Waals surface area contributed by atoms with Gasteiger partial charge in [-0.15, -0.1) is 11.3 Å². The van der Waals surface area contributed by atoms with E-state index in [2.05, 4.69) is 20.3 Å². The number of carbonyl (C=O) groups is 1. The van der Waals surface area contributed by atoms with Gasteiger partial charge in [0, 0.05) is 36.4 Å². The number of hydrogen-bond acceptors (Lipinski definition) is 5.